The summed E-state index contributed by atoms with van der Waals surface area (Å²) in [4.78, 5) is 14.8. The van der Waals surface area contributed by atoms with E-state index in [1.807, 2.05) is 18.2 Å². The van der Waals surface area contributed by atoms with Crippen molar-refractivity contribution >= 4 is 11.7 Å². The highest BCUT2D eigenvalue weighted by molar-refractivity contribution is 5.94. The molecule has 0 saturated carbocycles. The summed E-state index contributed by atoms with van der Waals surface area (Å²) >= 11 is 0. The molecule has 1 aliphatic heterocycles. The predicted octanol–water partition coefficient (Wildman–Crippen LogP) is 4.11. The lowest BCUT2D eigenvalue weighted by molar-refractivity contribution is 0.0933. The highest BCUT2D eigenvalue weighted by atomic mass is 16.5. The number of ether oxygens (including phenoxy) is 1. The number of aryl methyl sites for hydroxylation is 1. The first-order valence-electron chi connectivity index (χ1n) is 10.8. The lowest BCUT2D eigenvalue weighted by Crippen LogP contribution is -2.48. The molecule has 160 valence electrons. The van der Waals surface area contributed by atoms with E-state index in [-0.39, 0.29) is 11.9 Å². The van der Waals surface area contributed by atoms with Gasteiger partial charge in [0.25, 0.3) is 5.91 Å². The normalized spacial score (nSPS) is 16.1. The molecule has 1 fully saturated rings. The van der Waals surface area contributed by atoms with Crippen LogP contribution in [0.1, 0.15) is 35.7 Å². The van der Waals surface area contributed by atoms with Gasteiger partial charge in [0, 0.05) is 30.3 Å². The van der Waals surface area contributed by atoms with Crippen LogP contribution in [0.5, 0.6) is 5.75 Å². The maximum atomic E-state index is 12.6. The number of hydrogen-bond acceptors (Lipinski definition) is 5. The Hall–Kier alpha value is -3.41. The summed E-state index contributed by atoms with van der Waals surface area (Å²) in [5.41, 5.74) is 3.93. The van der Waals surface area contributed by atoms with Crippen LogP contribution in [0.2, 0.25) is 0 Å². The molecular weight excluding hydrogens is 388 g/mol. The lowest BCUT2D eigenvalue weighted by Gasteiger charge is -2.33. The largest absolute Gasteiger partial charge is 0.497 e. The Kier molecular flexibility index (Phi) is 6.46. The van der Waals surface area contributed by atoms with Gasteiger partial charge in [0.05, 0.1) is 12.8 Å². The zero-order valence-corrected chi connectivity index (χ0v) is 18.0. The molecule has 0 bridgehead atoms. The summed E-state index contributed by atoms with van der Waals surface area (Å²) in [6.07, 6.45) is 2.91. The average Bonchev–Trinajstić information content (AvgIpc) is 2.84. The topological polar surface area (TPSA) is 67.4 Å². The van der Waals surface area contributed by atoms with E-state index in [0.29, 0.717) is 5.56 Å². The van der Waals surface area contributed by atoms with Crippen LogP contribution in [-0.4, -0.2) is 42.3 Å². The number of hydrogen-bond donors (Lipinski definition) is 1. The van der Waals surface area contributed by atoms with Crippen molar-refractivity contribution in [1.29, 1.82) is 0 Å². The van der Waals surface area contributed by atoms with Gasteiger partial charge < -0.3 is 15.0 Å². The fourth-order valence-corrected chi connectivity index (χ4v) is 4.03. The zero-order valence-electron chi connectivity index (χ0n) is 18.0. The number of piperidine rings is 1. The Morgan fingerprint density at radius 3 is 2.61 bits per heavy atom. The number of methoxy groups -OCH3 is 1. The van der Waals surface area contributed by atoms with Crippen LogP contribution < -0.4 is 15.0 Å². The van der Waals surface area contributed by atoms with E-state index in [0.717, 1.165) is 55.2 Å². The molecule has 1 saturated heterocycles. The smallest absolute Gasteiger partial charge is 0.251 e. The summed E-state index contributed by atoms with van der Waals surface area (Å²) in [5.74, 6) is 1.53. The van der Waals surface area contributed by atoms with Crippen LogP contribution in [0, 0.1) is 0 Å². The second kappa shape index (κ2) is 9.60. The maximum absolute atomic E-state index is 12.6. The average molecular weight is 417 g/mol. The Balaban J connectivity index is 1.41. The van der Waals surface area contributed by atoms with Gasteiger partial charge in [-0.3, -0.25) is 4.79 Å². The van der Waals surface area contributed by atoms with Crippen molar-refractivity contribution < 1.29 is 9.53 Å². The Labute approximate surface area is 183 Å². The monoisotopic (exact) mass is 416 g/mol. The molecule has 0 radical (unpaired) electrons. The number of rotatable bonds is 6. The Morgan fingerprint density at radius 2 is 1.90 bits per heavy atom. The molecule has 6 nitrogen and oxygen atoms in total. The van der Waals surface area contributed by atoms with Crippen LogP contribution in [0.4, 0.5) is 5.82 Å². The van der Waals surface area contributed by atoms with Crippen molar-refractivity contribution in [3.05, 3.63) is 71.8 Å². The first-order chi connectivity index (χ1) is 15.2. The maximum Gasteiger partial charge on any atom is 0.251 e. The molecule has 2 aromatic carbocycles. The highest BCUT2D eigenvalue weighted by Crippen LogP contribution is 2.24. The molecule has 31 heavy (non-hydrogen) atoms. The van der Waals surface area contributed by atoms with E-state index in [9.17, 15) is 4.79 Å². The molecule has 0 aliphatic carbocycles. The summed E-state index contributed by atoms with van der Waals surface area (Å²) in [6, 6.07) is 19.6. The molecule has 0 spiro atoms. The third-order valence-electron chi connectivity index (χ3n) is 5.76. The number of anilines is 1. The minimum atomic E-state index is -0.0629. The zero-order chi connectivity index (χ0) is 21.6. The fraction of sp³-hybridized carbons (Fsp3) is 0.320. The SMILES string of the molecule is CCc1ccccc1-c1ccc(N2CCCC(NC(=O)c3ccc(OC)cc3)C2)nn1. The van der Waals surface area contributed by atoms with Crippen LogP contribution in [-0.2, 0) is 6.42 Å². The first kappa shape index (κ1) is 20.8. The van der Waals surface area contributed by atoms with E-state index in [1.54, 1.807) is 31.4 Å². The Bertz CT molecular complexity index is 1020. The lowest BCUT2D eigenvalue weighted by atomic mass is 10.0. The highest BCUT2D eigenvalue weighted by Gasteiger charge is 2.23. The van der Waals surface area contributed by atoms with Gasteiger partial charge in [-0.1, -0.05) is 31.2 Å². The third-order valence-corrected chi connectivity index (χ3v) is 5.76. The molecule has 3 aromatic rings. The molecule has 4 rings (SSSR count). The summed E-state index contributed by atoms with van der Waals surface area (Å²) < 4.78 is 5.16. The number of nitrogens with zero attached hydrogens (tertiary/aromatic N) is 3. The summed E-state index contributed by atoms with van der Waals surface area (Å²) in [6.45, 7) is 3.78. The number of benzene rings is 2. The van der Waals surface area contributed by atoms with E-state index in [1.165, 1.54) is 5.56 Å². The van der Waals surface area contributed by atoms with Gasteiger partial charge in [-0.05, 0) is 61.2 Å². The van der Waals surface area contributed by atoms with Gasteiger partial charge >= 0.3 is 0 Å². The molecule has 1 atom stereocenters. The van der Waals surface area contributed by atoms with Crippen molar-refractivity contribution in [1.82, 2.24) is 15.5 Å². The van der Waals surface area contributed by atoms with Crippen molar-refractivity contribution in [2.75, 3.05) is 25.1 Å². The van der Waals surface area contributed by atoms with Gasteiger partial charge in [0.2, 0.25) is 0 Å². The minimum Gasteiger partial charge on any atom is -0.497 e. The van der Waals surface area contributed by atoms with Crippen LogP contribution in [0.25, 0.3) is 11.3 Å². The number of carbonyl (C=O) groups is 1. The van der Waals surface area contributed by atoms with Crippen molar-refractivity contribution in [3.8, 4) is 17.0 Å². The van der Waals surface area contributed by atoms with Crippen LogP contribution in [0.3, 0.4) is 0 Å². The molecule has 1 aliphatic rings. The van der Waals surface area contributed by atoms with Gasteiger partial charge in [0.1, 0.15) is 5.75 Å². The molecule has 1 unspecified atom stereocenters. The number of amides is 1. The summed E-state index contributed by atoms with van der Waals surface area (Å²) in [7, 11) is 1.61. The van der Waals surface area contributed by atoms with E-state index in [2.05, 4.69) is 45.5 Å². The second-order valence-corrected chi connectivity index (χ2v) is 7.77. The predicted molar refractivity (Wildman–Crippen MR) is 123 cm³/mol. The number of carbonyl (C=O) groups excluding carboxylic acids is 1. The standard InChI is InChI=1S/C25H28N4O2/c1-3-18-7-4-5-9-22(18)23-14-15-24(28-27-23)29-16-6-8-20(17-29)26-25(30)19-10-12-21(31-2)13-11-19/h4-5,7,9-15,20H,3,6,8,16-17H2,1-2H3,(H,26,30). The quantitative estimate of drug-likeness (QED) is 0.655. The molecule has 1 N–H and O–H groups in total. The molecule has 1 amide bonds. The molecule has 1 aromatic heterocycles. The Morgan fingerprint density at radius 1 is 1.10 bits per heavy atom. The third kappa shape index (κ3) is 4.85. The van der Waals surface area contributed by atoms with Crippen LogP contribution >= 0.6 is 0 Å². The van der Waals surface area contributed by atoms with E-state index < -0.39 is 0 Å². The number of aromatic nitrogens is 2. The minimum absolute atomic E-state index is 0.0629. The van der Waals surface area contributed by atoms with Crippen molar-refractivity contribution in [3.63, 3.8) is 0 Å². The fourth-order valence-electron chi connectivity index (χ4n) is 4.03. The van der Waals surface area contributed by atoms with Crippen molar-refractivity contribution in [2.45, 2.75) is 32.2 Å². The first-order valence-corrected chi connectivity index (χ1v) is 10.8. The second-order valence-electron chi connectivity index (χ2n) is 7.77. The summed E-state index contributed by atoms with van der Waals surface area (Å²) in [5, 5.41) is 12.1. The van der Waals surface area contributed by atoms with Gasteiger partial charge in [-0.25, -0.2) is 0 Å². The molecule has 2 heterocycles. The molecule has 6 heteroatoms. The van der Waals surface area contributed by atoms with Crippen LogP contribution in [0.15, 0.2) is 60.7 Å². The van der Waals surface area contributed by atoms with Gasteiger partial charge in [0.15, 0.2) is 5.82 Å². The van der Waals surface area contributed by atoms with Gasteiger partial charge in [-0.15, -0.1) is 10.2 Å². The van der Waals surface area contributed by atoms with E-state index in [4.69, 9.17) is 4.74 Å². The molecular formula is C25H28N4O2. The van der Waals surface area contributed by atoms with E-state index >= 15 is 0 Å². The number of nitrogens with one attached hydrogen (secondary N) is 1. The van der Waals surface area contributed by atoms with Gasteiger partial charge in [-0.2, -0.15) is 0 Å². The van der Waals surface area contributed by atoms with Crippen molar-refractivity contribution in [2.24, 2.45) is 0 Å².